The van der Waals surface area contributed by atoms with Crippen molar-refractivity contribution < 1.29 is 4.42 Å². The number of rotatable bonds is 4. The second-order valence-corrected chi connectivity index (χ2v) is 8.58. The van der Waals surface area contributed by atoms with Crippen LogP contribution < -0.4 is 4.90 Å². The third-order valence-corrected chi connectivity index (χ3v) is 6.88. The molecule has 0 unspecified atom stereocenters. The van der Waals surface area contributed by atoms with E-state index in [-0.39, 0.29) is 0 Å². The zero-order valence-electron chi connectivity index (χ0n) is 16.0. The summed E-state index contributed by atoms with van der Waals surface area (Å²) in [5.74, 6) is 0.631. The summed E-state index contributed by atoms with van der Waals surface area (Å²) in [6, 6.07) is 8.90. The highest BCUT2D eigenvalue weighted by atomic mass is 32.1. The van der Waals surface area contributed by atoms with Crippen LogP contribution in [0.2, 0.25) is 0 Å². The summed E-state index contributed by atoms with van der Waals surface area (Å²) in [5, 5.41) is 10.9. The fraction of sp³-hybridized carbons (Fsp3) is 0.476. The third kappa shape index (κ3) is 3.69. The van der Waals surface area contributed by atoms with Gasteiger partial charge in [-0.05, 0) is 50.9 Å². The van der Waals surface area contributed by atoms with Gasteiger partial charge in [0, 0.05) is 30.3 Å². The van der Waals surface area contributed by atoms with E-state index < -0.39 is 0 Å². The van der Waals surface area contributed by atoms with E-state index in [9.17, 15) is 0 Å². The summed E-state index contributed by atoms with van der Waals surface area (Å²) in [4.78, 5) is 9.35. The molecule has 0 amide bonds. The third-order valence-electron chi connectivity index (χ3n) is 5.85. The van der Waals surface area contributed by atoms with Crippen LogP contribution in [0.3, 0.4) is 0 Å². The number of oxazole rings is 1. The number of hydrogen-bond donors (Lipinski definition) is 0. The molecule has 2 fully saturated rings. The first kappa shape index (κ1) is 17.8. The van der Waals surface area contributed by atoms with Crippen molar-refractivity contribution >= 4 is 16.5 Å². The molecule has 0 bridgehead atoms. The van der Waals surface area contributed by atoms with Crippen LogP contribution in [-0.2, 0) is 0 Å². The van der Waals surface area contributed by atoms with Crippen molar-refractivity contribution in [2.45, 2.75) is 38.1 Å². The quantitative estimate of drug-likeness (QED) is 0.656. The number of nitrogens with zero attached hydrogens (tertiary/aromatic N) is 5. The van der Waals surface area contributed by atoms with E-state index in [1.54, 1.807) is 23.8 Å². The molecule has 4 heterocycles. The van der Waals surface area contributed by atoms with Gasteiger partial charge < -0.3 is 14.2 Å². The van der Waals surface area contributed by atoms with E-state index in [0.717, 1.165) is 40.4 Å². The summed E-state index contributed by atoms with van der Waals surface area (Å²) in [7, 11) is 0. The van der Waals surface area contributed by atoms with Crippen LogP contribution in [0, 0.1) is 0 Å². The predicted molar refractivity (Wildman–Crippen MR) is 112 cm³/mol. The van der Waals surface area contributed by atoms with Crippen LogP contribution in [0.25, 0.3) is 22.0 Å². The predicted octanol–water partition coefficient (Wildman–Crippen LogP) is 4.31. The van der Waals surface area contributed by atoms with Gasteiger partial charge in [-0.3, -0.25) is 0 Å². The lowest BCUT2D eigenvalue weighted by atomic mass is 10.0. The smallest absolute Gasteiger partial charge is 0.225 e. The lowest BCUT2D eigenvalue weighted by Crippen LogP contribution is -2.46. The summed E-state index contributed by atoms with van der Waals surface area (Å²) in [6.45, 7) is 4.72. The largest absolute Gasteiger partial charge is 0.445 e. The molecule has 2 saturated heterocycles. The summed E-state index contributed by atoms with van der Waals surface area (Å²) < 4.78 is 5.41. The Morgan fingerprint density at radius 3 is 2.57 bits per heavy atom. The van der Waals surface area contributed by atoms with E-state index in [1.165, 1.54) is 45.2 Å². The first-order valence-electron chi connectivity index (χ1n) is 10.2. The number of aromatic nitrogens is 3. The van der Waals surface area contributed by atoms with E-state index >= 15 is 0 Å². The topological polar surface area (TPSA) is 58.3 Å². The number of benzene rings is 1. The van der Waals surface area contributed by atoms with E-state index in [4.69, 9.17) is 4.42 Å². The molecular weight excluding hydrogens is 370 g/mol. The van der Waals surface area contributed by atoms with E-state index in [2.05, 4.69) is 37.1 Å². The first-order chi connectivity index (χ1) is 13.9. The molecule has 7 heteroatoms. The molecule has 28 heavy (non-hydrogen) atoms. The average molecular weight is 396 g/mol. The van der Waals surface area contributed by atoms with E-state index in [0.29, 0.717) is 5.89 Å². The standard InChI is InChI=1S/C21H25N5OS/c1-2-10-25(11-3-1)18-7-12-26(13-8-18)21-24-23-20(28-21)17-6-4-5-16(15-17)19-22-9-14-27-19/h4-6,9,14-15,18H,1-3,7-8,10-13H2. The molecule has 6 nitrogen and oxygen atoms in total. The molecule has 0 atom stereocenters. The fourth-order valence-electron chi connectivity index (χ4n) is 4.32. The van der Waals surface area contributed by atoms with Crippen molar-refractivity contribution in [3.8, 4) is 22.0 Å². The van der Waals surface area contributed by atoms with Gasteiger partial charge in [0.2, 0.25) is 11.0 Å². The van der Waals surface area contributed by atoms with Crippen molar-refractivity contribution in [3.63, 3.8) is 0 Å². The van der Waals surface area contributed by atoms with Gasteiger partial charge in [0.05, 0.1) is 6.20 Å². The van der Waals surface area contributed by atoms with Gasteiger partial charge in [0.1, 0.15) is 11.3 Å². The van der Waals surface area contributed by atoms with Gasteiger partial charge in [-0.2, -0.15) is 0 Å². The summed E-state index contributed by atoms with van der Waals surface area (Å²) >= 11 is 1.67. The Morgan fingerprint density at radius 2 is 1.79 bits per heavy atom. The van der Waals surface area contributed by atoms with Crippen LogP contribution in [-0.4, -0.2) is 52.3 Å². The maximum absolute atomic E-state index is 5.41. The minimum absolute atomic E-state index is 0.631. The zero-order chi connectivity index (χ0) is 18.8. The highest BCUT2D eigenvalue weighted by Crippen LogP contribution is 2.33. The minimum atomic E-state index is 0.631. The van der Waals surface area contributed by atoms with Crippen molar-refractivity contribution in [1.82, 2.24) is 20.1 Å². The SMILES string of the molecule is c1cc(-c2ncco2)cc(-c2nnc(N3CCC(N4CCCCC4)CC3)s2)c1. The Hall–Kier alpha value is -2.25. The molecule has 146 valence electrons. The Labute approximate surface area is 169 Å². The lowest BCUT2D eigenvalue weighted by Gasteiger charge is -2.40. The molecule has 5 rings (SSSR count). The molecule has 0 saturated carbocycles. The highest BCUT2D eigenvalue weighted by Gasteiger charge is 2.27. The lowest BCUT2D eigenvalue weighted by molar-refractivity contribution is 0.141. The molecule has 0 aliphatic carbocycles. The monoisotopic (exact) mass is 395 g/mol. The van der Waals surface area contributed by atoms with E-state index in [1.807, 2.05) is 12.1 Å². The van der Waals surface area contributed by atoms with Crippen molar-refractivity contribution in [3.05, 3.63) is 36.7 Å². The maximum atomic E-state index is 5.41. The normalized spacial score (nSPS) is 19.2. The Morgan fingerprint density at radius 1 is 0.964 bits per heavy atom. The molecule has 0 radical (unpaired) electrons. The van der Waals surface area contributed by atoms with Crippen molar-refractivity contribution in [1.29, 1.82) is 0 Å². The van der Waals surface area contributed by atoms with Gasteiger partial charge in [0.15, 0.2) is 0 Å². The summed E-state index contributed by atoms with van der Waals surface area (Å²) in [5.41, 5.74) is 2.02. The van der Waals surface area contributed by atoms with Crippen molar-refractivity contribution in [2.24, 2.45) is 0 Å². The van der Waals surface area contributed by atoms with Crippen LogP contribution in [0.5, 0.6) is 0 Å². The van der Waals surface area contributed by atoms with Gasteiger partial charge >= 0.3 is 0 Å². The van der Waals surface area contributed by atoms with Crippen LogP contribution in [0.4, 0.5) is 5.13 Å². The number of piperidine rings is 2. The number of anilines is 1. The number of likely N-dealkylation sites (tertiary alicyclic amines) is 1. The highest BCUT2D eigenvalue weighted by molar-refractivity contribution is 7.18. The fourth-order valence-corrected chi connectivity index (χ4v) is 5.21. The molecule has 1 aromatic carbocycles. The second kappa shape index (κ2) is 8.01. The molecule has 0 N–H and O–H groups in total. The zero-order valence-corrected chi connectivity index (χ0v) is 16.8. The number of hydrogen-bond acceptors (Lipinski definition) is 7. The minimum Gasteiger partial charge on any atom is -0.445 e. The van der Waals surface area contributed by atoms with Crippen LogP contribution in [0.15, 0.2) is 41.1 Å². The average Bonchev–Trinajstić information content (AvgIpc) is 3.47. The van der Waals surface area contributed by atoms with Crippen LogP contribution >= 0.6 is 11.3 Å². The summed E-state index contributed by atoms with van der Waals surface area (Å²) in [6.07, 6.45) is 9.86. The Kier molecular flexibility index (Phi) is 5.10. The molecule has 3 aromatic rings. The Bertz CT molecular complexity index is 895. The maximum Gasteiger partial charge on any atom is 0.225 e. The molecular formula is C21H25N5OS. The van der Waals surface area contributed by atoms with Gasteiger partial charge in [0.25, 0.3) is 0 Å². The molecule has 2 aromatic heterocycles. The molecule has 2 aliphatic rings. The van der Waals surface area contributed by atoms with Crippen molar-refractivity contribution in [2.75, 3.05) is 31.1 Å². The Balaban J connectivity index is 1.26. The second-order valence-electron chi connectivity index (χ2n) is 7.62. The molecule has 0 spiro atoms. The van der Waals surface area contributed by atoms with Crippen LogP contribution in [0.1, 0.15) is 32.1 Å². The van der Waals surface area contributed by atoms with Gasteiger partial charge in [-0.1, -0.05) is 29.9 Å². The van der Waals surface area contributed by atoms with Gasteiger partial charge in [-0.15, -0.1) is 10.2 Å². The first-order valence-corrected chi connectivity index (χ1v) is 11.0. The molecule has 2 aliphatic heterocycles. The van der Waals surface area contributed by atoms with Gasteiger partial charge in [-0.25, -0.2) is 4.98 Å².